The molecule has 2 rings (SSSR count). The van der Waals surface area contributed by atoms with E-state index >= 15 is 0 Å². The molecule has 0 radical (unpaired) electrons. The molecule has 0 aromatic heterocycles. The molecule has 0 aliphatic carbocycles. The Balaban J connectivity index is 3.02. The van der Waals surface area contributed by atoms with E-state index in [1.807, 2.05) is 0 Å². The normalized spacial score (nSPS) is 10.9. The van der Waals surface area contributed by atoms with Crippen LogP contribution in [0.25, 0.3) is 10.8 Å². The Kier molecular flexibility index (Phi) is 2.19. The van der Waals surface area contributed by atoms with Crippen LogP contribution in [0.2, 0.25) is 0 Å². The van der Waals surface area contributed by atoms with Crippen LogP contribution in [0.5, 0.6) is 0 Å². The van der Waals surface area contributed by atoms with E-state index in [2.05, 4.69) is 12.6 Å². The average molecular weight is 210 g/mol. The minimum atomic E-state index is -0.811. The first-order chi connectivity index (χ1) is 6.63. The molecule has 0 spiro atoms. The minimum Gasteiger partial charge on any atom is -0.203 e. The van der Waals surface area contributed by atoms with E-state index in [9.17, 15) is 8.78 Å². The number of hydrogen-bond acceptors (Lipinski definition) is 1. The van der Waals surface area contributed by atoms with E-state index in [0.717, 1.165) is 0 Å². The van der Waals surface area contributed by atoms with E-state index in [-0.39, 0.29) is 10.9 Å². The second-order valence-electron chi connectivity index (χ2n) is 3.15. The van der Waals surface area contributed by atoms with Gasteiger partial charge in [0, 0.05) is 15.8 Å². The SMILES string of the molecule is Cc1c(F)c(F)c2ccccc2c1S. The van der Waals surface area contributed by atoms with Gasteiger partial charge < -0.3 is 0 Å². The maximum Gasteiger partial charge on any atom is 0.166 e. The molecule has 3 heteroatoms. The lowest BCUT2D eigenvalue weighted by Crippen LogP contribution is -1.93. The third-order valence-corrected chi connectivity index (χ3v) is 2.87. The van der Waals surface area contributed by atoms with Crippen molar-refractivity contribution >= 4 is 23.4 Å². The first kappa shape index (κ1) is 9.46. The third kappa shape index (κ3) is 1.20. The van der Waals surface area contributed by atoms with Crippen LogP contribution >= 0.6 is 12.6 Å². The highest BCUT2D eigenvalue weighted by Gasteiger charge is 2.13. The van der Waals surface area contributed by atoms with E-state index in [1.165, 1.54) is 6.92 Å². The summed E-state index contributed by atoms with van der Waals surface area (Å²) < 4.78 is 26.7. The highest BCUT2D eigenvalue weighted by atomic mass is 32.1. The molecule has 0 saturated heterocycles. The molecule has 72 valence electrons. The van der Waals surface area contributed by atoms with Gasteiger partial charge in [0.05, 0.1) is 0 Å². The Morgan fingerprint density at radius 2 is 1.57 bits per heavy atom. The quantitative estimate of drug-likeness (QED) is 0.629. The van der Waals surface area contributed by atoms with E-state index < -0.39 is 11.6 Å². The van der Waals surface area contributed by atoms with Gasteiger partial charge in [-0.25, -0.2) is 8.78 Å². The highest BCUT2D eigenvalue weighted by Crippen LogP contribution is 2.30. The number of halogens is 2. The molecule has 0 aliphatic heterocycles. The van der Waals surface area contributed by atoms with Crippen LogP contribution in [0.4, 0.5) is 8.78 Å². The van der Waals surface area contributed by atoms with Crippen molar-refractivity contribution in [1.29, 1.82) is 0 Å². The largest absolute Gasteiger partial charge is 0.203 e. The number of rotatable bonds is 0. The summed E-state index contributed by atoms with van der Waals surface area (Å²) in [7, 11) is 0. The third-order valence-electron chi connectivity index (χ3n) is 2.30. The van der Waals surface area contributed by atoms with E-state index in [0.29, 0.717) is 10.3 Å². The molecule has 0 amide bonds. The molecular formula is C11H8F2S. The Bertz CT molecular complexity index is 460. The zero-order valence-corrected chi connectivity index (χ0v) is 8.41. The van der Waals surface area contributed by atoms with Gasteiger partial charge in [-0.3, -0.25) is 0 Å². The molecule has 0 atom stereocenters. The summed E-state index contributed by atoms with van der Waals surface area (Å²) in [5.74, 6) is -1.61. The Labute approximate surface area is 86.0 Å². The maximum absolute atomic E-state index is 13.4. The zero-order chi connectivity index (χ0) is 10.3. The molecule has 0 bridgehead atoms. The van der Waals surface area contributed by atoms with Crippen molar-refractivity contribution < 1.29 is 8.78 Å². The second kappa shape index (κ2) is 3.24. The summed E-state index contributed by atoms with van der Waals surface area (Å²) >= 11 is 4.17. The first-order valence-electron chi connectivity index (χ1n) is 4.18. The monoisotopic (exact) mass is 210 g/mol. The van der Waals surface area contributed by atoms with Crippen LogP contribution < -0.4 is 0 Å². The summed E-state index contributed by atoms with van der Waals surface area (Å²) in [4.78, 5) is 0.500. The predicted molar refractivity (Wildman–Crippen MR) is 55.9 cm³/mol. The average Bonchev–Trinajstić information content (AvgIpc) is 2.23. The molecule has 0 unspecified atom stereocenters. The van der Waals surface area contributed by atoms with Gasteiger partial charge in [0.1, 0.15) is 0 Å². The van der Waals surface area contributed by atoms with Crippen LogP contribution in [0.15, 0.2) is 29.2 Å². The lowest BCUT2D eigenvalue weighted by molar-refractivity contribution is 0.508. The fourth-order valence-electron chi connectivity index (χ4n) is 1.47. The topological polar surface area (TPSA) is 0 Å². The zero-order valence-electron chi connectivity index (χ0n) is 7.51. The molecule has 0 fully saturated rings. The fraction of sp³-hybridized carbons (Fsp3) is 0.0909. The highest BCUT2D eigenvalue weighted by molar-refractivity contribution is 7.80. The molecule has 0 heterocycles. The minimum absolute atomic E-state index is 0.254. The summed E-state index contributed by atoms with van der Waals surface area (Å²) in [6.07, 6.45) is 0. The van der Waals surface area contributed by atoms with Gasteiger partial charge in [0.2, 0.25) is 0 Å². The molecule has 2 aromatic carbocycles. The van der Waals surface area contributed by atoms with Crippen molar-refractivity contribution in [3.63, 3.8) is 0 Å². The number of hydrogen-bond donors (Lipinski definition) is 1. The molecule has 0 aliphatic rings. The van der Waals surface area contributed by atoms with Crippen LogP contribution in [0, 0.1) is 18.6 Å². The lowest BCUT2D eigenvalue weighted by atomic mass is 10.1. The van der Waals surface area contributed by atoms with Gasteiger partial charge in [-0.1, -0.05) is 24.3 Å². The standard InChI is InChI=1S/C11H8F2S/c1-6-9(12)10(13)7-4-2-3-5-8(7)11(6)14/h2-5,14H,1H3. The summed E-state index contributed by atoms with van der Waals surface area (Å²) in [5, 5.41) is 0.924. The first-order valence-corrected chi connectivity index (χ1v) is 4.63. The van der Waals surface area contributed by atoms with Gasteiger partial charge in [-0.2, -0.15) is 0 Å². The molecule has 0 nitrogen and oxygen atoms in total. The number of benzene rings is 2. The van der Waals surface area contributed by atoms with Crippen molar-refractivity contribution in [3.8, 4) is 0 Å². The molecular weight excluding hydrogens is 202 g/mol. The summed E-state index contributed by atoms with van der Waals surface area (Å²) in [5.41, 5.74) is 0.254. The van der Waals surface area contributed by atoms with Gasteiger partial charge in [0.25, 0.3) is 0 Å². The molecule has 2 aromatic rings. The molecule has 0 N–H and O–H groups in total. The predicted octanol–water partition coefficient (Wildman–Crippen LogP) is 3.72. The van der Waals surface area contributed by atoms with Gasteiger partial charge >= 0.3 is 0 Å². The fourth-order valence-corrected chi connectivity index (χ4v) is 1.76. The molecule has 14 heavy (non-hydrogen) atoms. The Morgan fingerprint density at radius 1 is 1.00 bits per heavy atom. The van der Waals surface area contributed by atoms with Crippen molar-refractivity contribution in [1.82, 2.24) is 0 Å². The smallest absolute Gasteiger partial charge is 0.166 e. The van der Waals surface area contributed by atoms with Crippen LogP contribution in [0.1, 0.15) is 5.56 Å². The van der Waals surface area contributed by atoms with Crippen molar-refractivity contribution in [2.24, 2.45) is 0 Å². The van der Waals surface area contributed by atoms with Crippen LogP contribution in [0.3, 0.4) is 0 Å². The van der Waals surface area contributed by atoms with E-state index in [1.54, 1.807) is 24.3 Å². The van der Waals surface area contributed by atoms with Gasteiger partial charge in [0.15, 0.2) is 11.6 Å². The summed E-state index contributed by atoms with van der Waals surface area (Å²) in [6.45, 7) is 1.52. The second-order valence-corrected chi connectivity index (χ2v) is 3.59. The lowest BCUT2D eigenvalue weighted by Gasteiger charge is -2.07. The van der Waals surface area contributed by atoms with Crippen molar-refractivity contribution in [2.75, 3.05) is 0 Å². The number of thiol groups is 1. The van der Waals surface area contributed by atoms with Gasteiger partial charge in [-0.15, -0.1) is 12.6 Å². The summed E-state index contributed by atoms with van der Waals surface area (Å²) in [6, 6.07) is 6.73. The van der Waals surface area contributed by atoms with Gasteiger partial charge in [-0.05, 0) is 12.3 Å². The van der Waals surface area contributed by atoms with Crippen LogP contribution in [-0.2, 0) is 0 Å². The van der Waals surface area contributed by atoms with Crippen LogP contribution in [-0.4, -0.2) is 0 Å². The van der Waals surface area contributed by atoms with Crippen molar-refractivity contribution in [3.05, 3.63) is 41.5 Å². The number of fused-ring (bicyclic) bond motifs is 1. The Hall–Kier alpha value is -1.09. The molecule has 0 saturated carbocycles. The maximum atomic E-state index is 13.4. The Morgan fingerprint density at radius 3 is 2.21 bits per heavy atom. The van der Waals surface area contributed by atoms with E-state index in [4.69, 9.17) is 0 Å². The van der Waals surface area contributed by atoms with Crippen molar-refractivity contribution in [2.45, 2.75) is 11.8 Å².